The van der Waals surface area contributed by atoms with Crippen molar-refractivity contribution in [1.29, 1.82) is 0 Å². The Hall–Kier alpha value is -0.0800. The molecule has 1 aliphatic heterocycles. The summed E-state index contributed by atoms with van der Waals surface area (Å²) >= 11 is 0. The summed E-state index contributed by atoms with van der Waals surface area (Å²) < 4.78 is 5.40. The van der Waals surface area contributed by atoms with Crippen molar-refractivity contribution in [2.24, 2.45) is 5.41 Å². The maximum absolute atomic E-state index is 5.40. The van der Waals surface area contributed by atoms with Crippen molar-refractivity contribution in [1.82, 2.24) is 4.90 Å². The first-order valence-electron chi connectivity index (χ1n) is 5.31. The van der Waals surface area contributed by atoms with Gasteiger partial charge in [-0.25, -0.2) is 0 Å². The Morgan fingerprint density at radius 3 is 2.62 bits per heavy atom. The largest absolute Gasteiger partial charge is 0.379 e. The van der Waals surface area contributed by atoms with Crippen LogP contribution in [-0.2, 0) is 4.74 Å². The molecule has 13 heavy (non-hydrogen) atoms. The van der Waals surface area contributed by atoms with E-state index in [0.29, 0.717) is 11.5 Å². The molecule has 78 valence electrons. The Morgan fingerprint density at radius 1 is 1.38 bits per heavy atom. The van der Waals surface area contributed by atoms with Crippen molar-refractivity contribution < 1.29 is 4.74 Å². The zero-order chi connectivity index (χ0) is 9.90. The van der Waals surface area contributed by atoms with Gasteiger partial charge in [0.05, 0.1) is 13.2 Å². The molecular weight excluding hydrogens is 162 g/mol. The number of nitrogens with zero attached hydrogens (tertiary/aromatic N) is 1. The van der Waals surface area contributed by atoms with Crippen LogP contribution in [0.4, 0.5) is 0 Å². The van der Waals surface area contributed by atoms with Crippen molar-refractivity contribution in [3.05, 3.63) is 0 Å². The van der Waals surface area contributed by atoms with E-state index in [-0.39, 0.29) is 0 Å². The van der Waals surface area contributed by atoms with Crippen LogP contribution in [0.15, 0.2) is 0 Å². The van der Waals surface area contributed by atoms with Crippen molar-refractivity contribution in [3.8, 4) is 0 Å². The van der Waals surface area contributed by atoms with Gasteiger partial charge in [-0.3, -0.25) is 4.90 Å². The van der Waals surface area contributed by atoms with Crippen LogP contribution in [0.5, 0.6) is 0 Å². The fourth-order valence-electron chi connectivity index (χ4n) is 1.57. The normalized spacial score (nSPS) is 26.3. The molecular formula is C11H23NO. The molecule has 1 rings (SSSR count). The van der Waals surface area contributed by atoms with E-state index in [9.17, 15) is 0 Å². The molecule has 0 aromatic rings. The topological polar surface area (TPSA) is 12.5 Å². The minimum absolute atomic E-state index is 0.456. The number of hydrogen-bond acceptors (Lipinski definition) is 2. The third-order valence-corrected chi connectivity index (χ3v) is 2.65. The number of hydrogen-bond donors (Lipinski definition) is 0. The van der Waals surface area contributed by atoms with Crippen molar-refractivity contribution in [3.63, 3.8) is 0 Å². The standard InChI is InChI=1S/C11H23NO/c1-10-9-13-8-7-12(10)6-5-11(2,3)4/h10H,5-9H2,1-4H3/t10-/m0/s1. The summed E-state index contributed by atoms with van der Waals surface area (Å²) in [5.41, 5.74) is 0.456. The molecule has 0 spiro atoms. The summed E-state index contributed by atoms with van der Waals surface area (Å²) in [5.74, 6) is 0. The van der Waals surface area contributed by atoms with Crippen LogP contribution < -0.4 is 0 Å². The number of morpholine rings is 1. The van der Waals surface area contributed by atoms with Crippen LogP contribution in [0.25, 0.3) is 0 Å². The molecule has 0 bridgehead atoms. The van der Waals surface area contributed by atoms with Gasteiger partial charge in [-0.05, 0) is 25.3 Å². The fraction of sp³-hybridized carbons (Fsp3) is 1.00. The second-order valence-corrected chi connectivity index (χ2v) is 5.27. The molecule has 1 saturated heterocycles. The average molecular weight is 185 g/mol. The van der Waals surface area contributed by atoms with Crippen LogP contribution in [-0.4, -0.2) is 37.2 Å². The zero-order valence-corrected chi connectivity index (χ0v) is 9.47. The quantitative estimate of drug-likeness (QED) is 0.653. The predicted molar refractivity (Wildman–Crippen MR) is 55.9 cm³/mol. The smallest absolute Gasteiger partial charge is 0.0619 e. The SMILES string of the molecule is C[C@H]1COCCN1CCC(C)(C)C. The van der Waals surface area contributed by atoms with E-state index in [2.05, 4.69) is 32.6 Å². The van der Waals surface area contributed by atoms with Crippen LogP contribution in [0, 0.1) is 5.41 Å². The highest BCUT2D eigenvalue weighted by Crippen LogP contribution is 2.20. The van der Waals surface area contributed by atoms with Gasteiger partial charge in [0.15, 0.2) is 0 Å². The third-order valence-electron chi connectivity index (χ3n) is 2.65. The van der Waals surface area contributed by atoms with Gasteiger partial charge in [0.1, 0.15) is 0 Å². The van der Waals surface area contributed by atoms with Crippen LogP contribution in [0.3, 0.4) is 0 Å². The molecule has 0 amide bonds. The molecule has 1 aliphatic rings. The van der Waals surface area contributed by atoms with Gasteiger partial charge in [0.25, 0.3) is 0 Å². The summed E-state index contributed by atoms with van der Waals surface area (Å²) in [6, 6.07) is 0.607. The molecule has 2 heteroatoms. The molecule has 0 radical (unpaired) electrons. The lowest BCUT2D eigenvalue weighted by molar-refractivity contribution is -0.00430. The van der Waals surface area contributed by atoms with Gasteiger partial charge in [0, 0.05) is 12.6 Å². The van der Waals surface area contributed by atoms with Gasteiger partial charge < -0.3 is 4.74 Å². The van der Waals surface area contributed by atoms with Gasteiger partial charge in [-0.1, -0.05) is 20.8 Å². The van der Waals surface area contributed by atoms with Gasteiger partial charge in [-0.15, -0.1) is 0 Å². The summed E-state index contributed by atoms with van der Waals surface area (Å²) in [7, 11) is 0. The first-order chi connectivity index (χ1) is 5.99. The summed E-state index contributed by atoms with van der Waals surface area (Å²) in [6.07, 6.45) is 1.28. The first-order valence-corrected chi connectivity index (χ1v) is 5.31. The van der Waals surface area contributed by atoms with Crippen molar-refractivity contribution >= 4 is 0 Å². The van der Waals surface area contributed by atoms with E-state index in [0.717, 1.165) is 19.8 Å². The van der Waals surface area contributed by atoms with E-state index >= 15 is 0 Å². The first kappa shape index (κ1) is 11.0. The van der Waals surface area contributed by atoms with E-state index < -0.39 is 0 Å². The minimum atomic E-state index is 0.456. The highest BCUT2D eigenvalue weighted by Gasteiger charge is 2.20. The summed E-state index contributed by atoms with van der Waals surface area (Å²) in [4.78, 5) is 2.54. The van der Waals surface area contributed by atoms with E-state index in [1.54, 1.807) is 0 Å². The summed E-state index contributed by atoms with van der Waals surface area (Å²) in [5, 5.41) is 0. The number of rotatable bonds is 2. The van der Waals surface area contributed by atoms with E-state index in [1.807, 2.05) is 0 Å². The second kappa shape index (κ2) is 4.43. The Balaban J connectivity index is 2.27. The minimum Gasteiger partial charge on any atom is -0.379 e. The fourth-order valence-corrected chi connectivity index (χ4v) is 1.57. The van der Waals surface area contributed by atoms with Gasteiger partial charge in [-0.2, -0.15) is 0 Å². The molecule has 1 fully saturated rings. The van der Waals surface area contributed by atoms with Crippen LogP contribution in [0.1, 0.15) is 34.1 Å². The molecule has 0 aliphatic carbocycles. The van der Waals surface area contributed by atoms with Gasteiger partial charge >= 0.3 is 0 Å². The lowest BCUT2D eigenvalue weighted by Crippen LogP contribution is -2.44. The second-order valence-electron chi connectivity index (χ2n) is 5.27. The maximum atomic E-state index is 5.40. The van der Waals surface area contributed by atoms with Crippen molar-refractivity contribution in [2.45, 2.75) is 40.2 Å². The Labute approximate surface area is 82.3 Å². The molecule has 0 aromatic heterocycles. The monoisotopic (exact) mass is 185 g/mol. The van der Waals surface area contributed by atoms with Gasteiger partial charge in [0.2, 0.25) is 0 Å². The number of ether oxygens (including phenoxy) is 1. The Bertz CT molecular complexity index is 151. The van der Waals surface area contributed by atoms with E-state index in [1.165, 1.54) is 13.0 Å². The Morgan fingerprint density at radius 2 is 2.08 bits per heavy atom. The third kappa shape index (κ3) is 4.10. The molecule has 2 nitrogen and oxygen atoms in total. The van der Waals surface area contributed by atoms with Crippen LogP contribution in [0.2, 0.25) is 0 Å². The van der Waals surface area contributed by atoms with E-state index in [4.69, 9.17) is 4.74 Å². The van der Waals surface area contributed by atoms with Crippen molar-refractivity contribution in [2.75, 3.05) is 26.3 Å². The zero-order valence-electron chi connectivity index (χ0n) is 9.47. The molecule has 1 heterocycles. The lowest BCUT2D eigenvalue weighted by Gasteiger charge is -2.35. The summed E-state index contributed by atoms with van der Waals surface area (Å²) in [6.45, 7) is 13.3. The molecule has 1 atom stereocenters. The predicted octanol–water partition coefficient (Wildman–Crippen LogP) is 2.14. The molecule has 0 unspecified atom stereocenters. The Kier molecular flexibility index (Phi) is 3.74. The highest BCUT2D eigenvalue weighted by molar-refractivity contribution is 4.73. The average Bonchev–Trinajstić information content (AvgIpc) is 2.01. The molecule has 0 N–H and O–H groups in total. The maximum Gasteiger partial charge on any atom is 0.0619 e. The highest BCUT2D eigenvalue weighted by atomic mass is 16.5. The molecule has 0 saturated carbocycles. The van der Waals surface area contributed by atoms with Crippen LogP contribution >= 0.6 is 0 Å². The lowest BCUT2D eigenvalue weighted by atomic mass is 9.92. The molecule has 0 aromatic carbocycles.